The van der Waals surface area contributed by atoms with E-state index in [4.69, 9.17) is 14.2 Å². The van der Waals surface area contributed by atoms with Crippen molar-refractivity contribution in [3.63, 3.8) is 0 Å². The third-order valence-electron chi connectivity index (χ3n) is 8.70. The van der Waals surface area contributed by atoms with E-state index in [-0.39, 0.29) is 35.2 Å². The van der Waals surface area contributed by atoms with E-state index in [1.165, 1.54) is 21.3 Å². The molecule has 2 amide bonds. The van der Waals surface area contributed by atoms with Crippen molar-refractivity contribution in [1.29, 1.82) is 0 Å². The number of methoxy groups -OCH3 is 3. The molecule has 1 aliphatic heterocycles. The third kappa shape index (κ3) is 7.76. The summed E-state index contributed by atoms with van der Waals surface area (Å²) >= 11 is 0. The van der Waals surface area contributed by atoms with Crippen molar-refractivity contribution in [2.24, 2.45) is 0 Å². The number of hydrogen-bond donors (Lipinski definition) is 2. The fraction of sp³-hybridized carbons (Fsp3) is 0.324. The van der Waals surface area contributed by atoms with E-state index in [9.17, 15) is 14.4 Å². The van der Waals surface area contributed by atoms with Crippen molar-refractivity contribution in [1.82, 2.24) is 14.9 Å². The van der Waals surface area contributed by atoms with Crippen molar-refractivity contribution in [3.8, 4) is 11.1 Å². The number of nitrogens with one attached hydrogen (secondary N) is 2. The number of carbonyl (C=O) groups is 3. The molecule has 1 aliphatic rings. The average molecular weight is 652 g/mol. The molecular formula is C37H41N5O6. The number of aromatic nitrogens is 2. The van der Waals surface area contributed by atoms with Gasteiger partial charge in [0, 0.05) is 50.1 Å². The Morgan fingerprint density at radius 2 is 1.38 bits per heavy atom. The van der Waals surface area contributed by atoms with Crippen molar-refractivity contribution in [3.05, 3.63) is 107 Å². The standard InChI is InChI=1S/C37H41N5O6/c1-23-27(28-11-9-13-30(24(28)2)41-35(44)32-18-16-26(21-39-32)37(47-4)48-5)10-8-12-29(23)40-34(43)31-17-15-25(20-38-31)22-42-19-7-6-14-33(42)36(45)46-3/h8-13,15-18,20-21,33,37H,6-7,14,19,22H2,1-5H3,(H,40,43)(H,41,44)/t33-/m0/s1. The van der Waals surface area contributed by atoms with Crippen LogP contribution in [0, 0.1) is 13.8 Å². The first kappa shape index (κ1) is 34.4. The number of hydrogen-bond acceptors (Lipinski definition) is 9. The molecule has 5 rings (SSSR count). The van der Waals surface area contributed by atoms with E-state index in [0.717, 1.165) is 53.6 Å². The van der Waals surface area contributed by atoms with Gasteiger partial charge in [0.2, 0.25) is 0 Å². The van der Waals surface area contributed by atoms with Gasteiger partial charge in [0.05, 0.1) is 7.11 Å². The van der Waals surface area contributed by atoms with Crippen LogP contribution in [0.25, 0.3) is 11.1 Å². The van der Waals surface area contributed by atoms with E-state index in [2.05, 4.69) is 25.5 Å². The topological polar surface area (TPSA) is 132 Å². The number of carbonyl (C=O) groups excluding carboxylic acids is 3. The zero-order valence-corrected chi connectivity index (χ0v) is 27.9. The fourth-order valence-corrected chi connectivity index (χ4v) is 6.02. The van der Waals surface area contributed by atoms with Gasteiger partial charge in [-0.1, -0.05) is 42.8 Å². The fourth-order valence-electron chi connectivity index (χ4n) is 6.02. The highest BCUT2D eigenvalue weighted by atomic mass is 16.7. The van der Waals surface area contributed by atoms with E-state index < -0.39 is 6.29 Å². The highest BCUT2D eigenvalue weighted by molar-refractivity contribution is 6.05. The van der Waals surface area contributed by atoms with Crippen molar-refractivity contribution < 1.29 is 28.6 Å². The SMILES string of the molecule is COC(=O)[C@@H]1CCCCN1Cc1ccc(C(=O)Nc2cccc(-c3cccc(NC(=O)c4ccc(C(OC)OC)cn4)c3C)c2C)nc1. The Morgan fingerprint density at radius 3 is 1.88 bits per heavy atom. The largest absolute Gasteiger partial charge is 0.468 e. The van der Waals surface area contributed by atoms with Crippen LogP contribution in [0.2, 0.25) is 0 Å². The number of nitrogens with zero attached hydrogens (tertiary/aromatic N) is 3. The molecule has 2 aromatic heterocycles. The summed E-state index contributed by atoms with van der Waals surface area (Å²) in [5.74, 6) is -0.889. The molecule has 0 saturated carbocycles. The molecule has 1 atom stereocenters. The smallest absolute Gasteiger partial charge is 0.323 e. The maximum atomic E-state index is 13.3. The zero-order valence-electron chi connectivity index (χ0n) is 27.9. The van der Waals surface area contributed by atoms with Crippen LogP contribution in [0.4, 0.5) is 11.4 Å². The number of benzene rings is 2. The van der Waals surface area contributed by atoms with Crippen LogP contribution in [0.1, 0.15) is 68.8 Å². The number of anilines is 2. The number of likely N-dealkylation sites (tertiary alicyclic amines) is 1. The van der Waals surface area contributed by atoms with Crippen LogP contribution >= 0.6 is 0 Å². The molecule has 0 spiro atoms. The summed E-state index contributed by atoms with van der Waals surface area (Å²) in [7, 11) is 4.49. The minimum Gasteiger partial charge on any atom is -0.468 e. The van der Waals surface area contributed by atoms with Gasteiger partial charge in [0.1, 0.15) is 17.4 Å². The summed E-state index contributed by atoms with van der Waals surface area (Å²) in [4.78, 5) is 49.4. The normalized spacial score (nSPS) is 14.8. The Hall–Kier alpha value is -4.97. The summed E-state index contributed by atoms with van der Waals surface area (Å²) in [6.07, 6.45) is 5.47. The molecule has 0 unspecified atom stereocenters. The third-order valence-corrected chi connectivity index (χ3v) is 8.70. The summed E-state index contributed by atoms with van der Waals surface area (Å²) in [6.45, 7) is 5.25. The summed E-state index contributed by atoms with van der Waals surface area (Å²) < 4.78 is 15.5. The molecule has 2 aromatic carbocycles. The first-order valence-electron chi connectivity index (χ1n) is 15.8. The Morgan fingerprint density at radius 1 is 0.792 bits per heavy atom. The lowest BCUT2D eigenvalue weighted by Gasteiger charge is -2.33. The number of ether oxygens (including phenoxy) is 3. The van der Waals surface area contributed by atoms with Gasteiger partial charge in [-0.3, -0.25) is 29.3 Å². The zero-order chi connectivity index (χ0) is 34.2. The maximum Gasteiger partial charge on any atom is 0.323 e. The Kier molecular flexibility index (Phi) is 11.3. The van der Waals surface area contributed by atoms with Gasteiger partial charge in [-0.25, -0.2) is 0 Å². The number of pyridine rings is 2. The molecule has 11 heteroatoms. The highest BCUT2D eigenvalue weighted by Gasteiger charge is 2.29. The minimum atomic E-state index is -0.563. The second kappa shape index (κ2) is 15.7. The molecule has 48 heavy (non-hydrogen) atoms. The second-order valence-corrected chi connectivity index (χ2v) is 11.7. The van der Waals surface area contributed by atoms with Gasteiger partial charge in [0.25, 0.3) is 11.8 Å². The number of piperidine rings is 1. The van der Waals surface area contributed by atoms with E-state index in [0.29, 0.717) is 23.5 Å². The molecule has 0 bridgehead atoms. The van der Waals surface area contributed by atoms with Crippen LogP contribution < -0.4 is 10.6 Å². The van der Waals surface area contributed by atoms with Crippen molar-refractivity contribution in [2.45, 2.75) is 52.0 Å². The monoisotopic (exact) mass is 651 g/mol. The minimum absolute atomic E-state index is 0.217. The predicted octanol–water partition coefficient (Wildman–Crippen LogP) is 6.08. The highest BCUT2D eigenvalue weighted by Crippen LogP contribution is 2.34. The molecule has 2 N–H and O–H groups in total. The van der Waals surface area contributed by atoms with Crippen LogP contribution in [-0.4, -0.2) is 66.6 Å². The quantitative estimate of drug-likeness (QED) is 0.146. The first-order valence-corrected chi connectivity index (χ1v) is 15.8. The van der Waals surface area contributed by atoms with Gasteiger partial charge >= 0.3 is 5.97 Å². The van der Waals surface area contributed by atoms with Crippen LogP contribution in [0.3, 0.4) is 0 Å². The lowest BCUT2D eigenvalue weighted by Crippen LogP contribution is -2.44. The summed E-state index contributed by atoms with van der Waals surface area (Å²) in [6, 6.07) is 18.1. The lowest BCUT2D eigenvalue weighted by molar-refractivity contribution is -0.148. The number of esters is 1. The van der Waals surface area contributed by atoms with Crippen molar-refractivity contribution >= 4 is 29.2 Å². The Labute approximate surface area is 280 Å². The second-order valence-electron chi connectivity index (χ2n) is 11.7. The van der Waals surface area contributed by atoms with Gasteiger partial charge < -0.3 is 24.8 Å². The molecular weight excluding hydrogens is 610 g/mol. The number of amides is 2. The molecule has 3 heterocycles. The lowest BCUT2D eigenvalue weighted by atomic mass is 9.94. The van der Waals surface area contributed by atoms with Crippen LogP contribution in [0.5, 0.6) is 0 Å². The molecule has 250 valence electrons. The Balaban J connectivity index is 1.27. The first-order chi connectivity index (χ1) is 23.2. The van der Waals surface area contributed by atoms with Crippen LogP contribution in [0.15, 0.2) is 73.1 Å². The maximum absolute atomic E-state index is 13.3. The summed E-state index contributed by atoms with van der Waals surface area (Å²) in [5.41, 5.74) is 7.04. The van der Waals surface area contributed by atoms with Gasteiger partial charge in [0.15, 0.2) is 6.29 Å². The molecule has 0 aliphatic carbocycles. The predicted molar refractivity (Wildman–Crippen MR) is 183 cm³/mol. The number of rotatable bonds is 11. The van der Waals surface area contributed by atoms with Crippen molar-refractivity contribution in [2.75, 3.05) is 38.5 Å². The average Bonchev–Trinajstić information content (AvgIpc) is 3.11. The van der Waals surface area contributed by atoms with Gasteiger partial charge in [-0.05, 0) is 85.3 Å². The summed E-state index contributed by atoms with van der Waals surface area (Å²) in [5, 5.41) is 5.98. The molecule has 1 saturated heterocycles. The van der Waals surface area contributed by atoms with Crippen LogP contribution in [-0.2, 0) is 25.5 Å². The molecule has 1 fully saturated rings. The molecule has 4 aromatic rings. The van der Waals surface area contributed by atoms with Gasteiger partial charge in [-0.15, -0.1) is 0 Å². The molecule has 11 nitrogen and oxygen atoms in total. The van der Waals surface area contributed by atoms with E-state index >= 15 is 0 Å². The Bertz CT molecular complexity index is 1760. The van der Waals surface area contributed by atoms with Gasteiger partial charge in [-0.2, -0.15) is 0 Å². The van der Waals surface area contributed by atoms with E-state index in [1.54, 1.807) is 30.6 Å². The molecule has 0 radical (unpaired) electrons. The van der Waals surface area contributed by atoms with E-state index in [1.807, 2.05) is 56.3 Å².